The minimum Gasteiger partial charge on any atom is -0.356 e. The number of nitrogens with zero attached hydrogens (tertiary/aromatic N) is 2. The van der Waals surface area contributed by atoms with Gasteiger partial charge in [0.05, 0.1) is 6.04 Å². The van der Waals surface area contributed by atoms with Crippen LogP contribution in [0.5, 0.6) is 0 Å². The molecule has 0 bridgehead atoms. The van der Waals surface area contributed by atoms with Crippen molar-refractivity contribution in [2.45, 2.75) is 25.4 Å². The molecular formula is C19H24ClIN4S. The molecule has 2 aliphatic heterocycles. The van der Waals surface area contributed by atoms with E-state index in [1.165, 1.54) is 16.0 Å². The lowest BCUT2D eigenvalue weighted by Crippen LogP contribution is -2.45. The Morgan fingerprint density at radius 2 is 2.12 bits per heavy atom. The standard InChI is InChI=1S/C19H23ClN4S.HI/c20-16-4-2-14(3-5-16)17(12-23-19-21-8-1-9-22-19)24-10-6-18-15(13-24)7-11-25-18;/h2-5,7,11,17H,1,6,8-10,12-13H2,(H2,21,22,23);1H. The minimum absolute atomic E-state index is 0. The van der Waals surface area contributed by atoms with Gasteiger partial charge in [-0.1, -0.05) is 23.7 Å². The summed E-state index contributed by atoms with van der Waals surface area (Å²) in [5, 5.41) is 9.86. The van der Waals surface area contributed by atoms with Crippen LogP contribution in [0.25, 0.3) is 0 Å². The zero-order valence-corrected chi connectivity index (χ0v) is 18.5. The van der Waals surface area contributed by atoms with E-state index in [1.807, 2.05) is 23.5 Å². The summed E-state index contributed by atoms with van der Waals surface area (Å²) in [5.41, 5.74) is 2.77. The minimum atomic E-state index is 0. The van der Waals surface area contributed by atoms with Gasteiger partial charge in [0.15, 0.2) is 5.96 Å². The average molecular weight is 503 g/mol. The molecule has 1 aromatic heterocycles. The van der Waals surface area contributed by atoms with Crippen LogP contribution in [0.1, 0.15) is 28.5 Å². The molecule has 2 N–H and O–H groups in total. The fraction of sp³-hybridized carbons (Fsp3) is 0.421. The summed E-state index contributed by atoms with van der Waals surface area (Å²) in [6.07, 6.45) is 2.25. The molecule has 0 radical (unpaired) electrons. The second-order valence-electron chi connectivity index (χ2n) is 6.55. The highest BCUT2D eigenvalue weighted by Crippen LogP contribution is 2.30. The Balaban J connectivity index is 0.00000196. The van der Waals surface area contributed by atoms with E-state index in [0.29, 0.717) is 6.04 Å². The first-order chi connectivity index (χ1) is 12.3. The summed E-state index contributed by atoms with van der Waals surface area (Å²) in [7, 11) is 0. The van der Waals surface area contributed by atoms with Gasteiger partial charge in [0.2, 0.25) is 0 Å². The summed E-state index contributed by atoms with van der Waals surface area (Å²) in [5.74, 6) is 0.929. The Morgan fingerprint density at radius 1 is 1.27 bits per heavy atom. The molecule has 1 unspecified atom stereocenters. The van der Waals surface area contributed by atoms with Crippen molar-refractivity contribution in [1.29, 1.82) is 0 Å². The largest absolute Gasteiger partial charge is 0.356 e. The quantitative estimate of drug-likeness (QED) is 0.620. The first kappa shape index (κ1) is 19.9. The van der Waals surface area contributed by atoms with Crippen LogP contribution in [0.3, 0.4) is 0 Å². The van der Waals surface area contributed by atoms with E-state index in [0.717, 1.165) is 56.5 Å². The Morgan fingerprint density at radius 3 is 2.88 bits per heavy atom. The van der Waals surface area contributed by atoms with Gasteiger partial charge in [-0.3, -0.25) is 9.89 Å². The molecule has 140 valence electrons. The van der Waals surface area contributed by atoms with Gasteiger partial charge in [0.25, 0.3) is 0 Å². The van der Waals surface area contributed by atoms with Crippen LogP contribution < -0.4 is 10.6 Å². The second kappa shape index (κ2) is 9.39. The molecule has 0 amide bonds. The molecule has 26 heavy (non-hydrogen) atoms. The van der Waals surface area contributed by atoms with Gasteiger partial charge in [-0.05, 0) is 47.5 Å². The molecule has 3 heterocycles. The molecule has 2 aromatic rings. The molecule has 7 heteroatoms. The Kier molecular flexibility index (Phi) is 7.19. The smallest absolute Gasteiger partial charge is 0.191 e. The van der Waals surface area contributed by atoms with Crippen LogP contribution in [-0.2, 0) is 13.0 Å². The first-order valence-corrected chi connectivity index (χ1v) is 10.1. The van der Waals surface area contributed by atoms with Crippen LogP contribution >= 0.6 is 46.9 Å². The van der Waals surface area contributed by atoms with E-state index >= 15 is 0 Å². The molecule has 0 fully saturated rings. The summed E-state index contributed by atoms with van der Waals surface area (Å²) >= 11 is 7.98. The molecule has 4 rings (SSSR count). The van der Waals surface area contributed by atoms with Crippen molar-refractivity contribution in [1.82, 2.24) is 15.5 Å². The SMILES string of the molecule is Clc1ccc(C(CNC2=NCCCN2)N2CCc3sccc3C2)cc1.I. The van der Waals surface area contributed by atoms with E-state index in [9.17, 15) is 0 Å². The van der Waals surface area contributed by atoms with Gasteiger partial charge in [-0.25, -0.2) is 0 Å². The fourth-order valence-corrected chi connectivity index (χ4v) is 4.54. The van der Waals surface area contributed by atoms with Gasteiger partial charge >= 0.3 is 0 Å². The van der Waals surface area contributed by atoms with Gasteiger partial charge < -0.3 is 10.6 Å². The zero-order chi connectivity index (χ0) is 17.1. The van der Waals surface area contributed by atoms with Gasteiger partial charge in [0, 0.05) is 42.6 Å². The Bertz CT molecular complexity index is 746. The average Bonchev–Trinajstić information content (AvgIpc) is 3.12. The highest BCUT2D eigenvalue weighted by atomic mass is 127. The van der Waals surface area contributed by atoms with Crippen LogP contribution in [0.2, 0.25) is 5.02 Å². The number of fused-ring (bicyclic) bond motifs is 1. The summed E-state index contributed by atoms with van der Waals surface area (Å²) in [4.78, 5) is 8.64. The van der Waals surface area contributed by atoms with Crippen LogP contribution in [-0.4, -0.2) is 37.0 Å². The van der Waals surface area contributed by atoms with Crippen molar-refractivity contribution in [2.24, 2.45) is 4.99 Å². The van der Waals surface area contributed by atoms with E-state index in [2.05, 4.69) is 44.1 Å². The molecule has 1 aromatic carbocycles. The number of halogens is 2. The van der Waals surface area contributed by atoms with Crippen molar-refractivity contribution in [3.05, 3.63) is 56.7 Å². The number of hydrogen-bond donors (Lipinski definition) is 2. The molecule has 2 aliphatic rings. The van der Waals surface area contributed by atoms with E-state index in [-0.39, 0.29) is 24.0 Å². The second-order valence-corrected chi connectivity index (χ2v) is 7.99. The number of aliphatic imine (C=N–C) groups is 1. The summed E-state index contributed by atoms with van der Waals surface area (Å²) in [6, 6.07) is 10.8. The maximum atomic E-state index is 6.10. The number of hydrogen-bond acceptors (Lipinski definition) is 5. The molecule has 0 spiro atoms. The van der Waals surface area contributed by atoms with E-state index in [4.69, 9.17) is 11.6 Å². The molecule has 4 nitrogen and oxygen atoms in total. The third-order valence-corrected chi connectivity index (χ3v) is 6.17. The van der Waals surface area contributed by atoms with Crippen LogP contribution in [0.4, 0.5) is 0 Å². The maximum Gasteiger partial charge on any atom is 0.191 e. The maximum absolute atomic E-state index is 6.10. The highest BCUT2D eigenvalue weighted by Gasteiger charge is 2.25. The fourth-order valence-electron chi connectivity index (χ4n) is 3.52. The predicted octanol–water partition coefficient (Wildman–Crippen LogP) is 4.06. The Labute approximate surface area is 181 Å². The lowest BCUT2D eigenvalue weighted by atomic mass is 10.0. The zero-order valence-electron chi connectivity index (χ0n) is 14.6. The van der Waals surface area contributed by atoms with Crippen molar-refractivity contribution in [3.63, 3.8) is 0 Å². The third kappa shape index (κ3) is 4.71. The summed E-state index contributed by atoms with van der Waals surface area (Å²) < 4.78 is 0. The number of rotatable bonds is 4. The van der Waals surface area contributed by atoms with Crippen LogP contribution in [0.15, 0.2) is 40.7 Å². The lowest BCUT2D eigenvalue weighted by molar-refractivity contribution is 0.181. The number of thiophene rings is 1. The normalized spacial score (nSPS) is 18.1. The molecule has 1 atom stereocenters. The van der Waals surface area contributed by atoms with Gasteiger partial charge in [-0.2, -0.15) is 0 Å². The number of benzene rings is 1. The number of nitrogens with one attached hydrogen (secondary N) is 2. The van der Waals surface area contributed by atoms with Gasteiger partial charge in [-0.15, -0.1) is 35.3 Å². The van der Waals surface area contributed by atoms with Crippen molar-refractivity contribution in [2.75, 3.05) is 26.2 Å². The van der Waals surface area contributed by atoms with E-state index < -0.39 is 0 Å². The van der Waals surface area contributed by atoms with Crippen molar-refractivity contribution in [3.8, 4) is 0 Å². The predicted molar refractivity (Wildman–Crippen MR) is 121 cm³/mol. The van der Waals surface area contributed by atoms with Crippen molar-refractivity contribution < 1.29 is 0 Å². The number of guanidine groups is 1. The lowest BCUT2D eigenvalue weighted by Gasteiger charge is -2.35. The van der Waals surface area contributed by atoms with Gasteiger partial charge in [0.1, 0.15) is 0 Å². The highest BCUT2D eigenvalue weighted by molar-refractivity contribution is 14.0. The first-order valence-electron chi connectivity index (χ1n) is 8.86. The molecule has 0 saturated heterocycles. The van der Waals surface area contributed by atoms with Crippen molar-refractivity contribution >= 4 is 52.9 Å². The topological polar surface area (TPSA) is 39.7 Å². The third-order valence-electron chi connectivity index (χ3n) is 4.89. The molecular weight excluding hydrogens is 479 g/mol. The monoisotopic (exact) mass is 502 g/mol. The Hall–Kier alpha value is -0.830. The molecule has 0 aliphatic carbocycles. The summed E-state index contributed by atoms with van der Waals surface area (Å²) in [6.45, 7) is 4.84. The van der Waals surface area contributed by atoms with E-state index in [1.54, 1.807) is 0 Å². The molecule has 0 saturated carbocycles. The van der Waals surface area contributed by atoms with Crippen LogP contribution in [0, 0.1) is 0 Å².